The average molecular weight is 168 g/mol. The van der Waals surface area contributed by atoms with Crippen molar-refractivity contribution in [3.8, 4) is 0 Å². The molecule has 0 saturated heterocycles. The molecule has 0 saturated carbocycles. The van der Waals surface area contributed by atoms with Crippen LogP contribution in [0.4, 0.5) is 0 Å². The van der Waals surface area contributed by atoms with E-state index in [0.717, 1.165) is 5.57 Å². The van der Waals surface area contributed by atoms with Crippen molar-refractivity contribution in [2.45, 2.75) is 13.0 Å². The van der Waals surface area contributed by atoms with Crippen LogP contribution in [0.5, 0.6) is 0 Å². The highest BCUT2D eigenvalue weighted by atomic mass is 16.5. The number of aliphatic hydroxyl groups is 1. The van der Waals surface area contributed by atoms with Gasteiger partial charge in [-0.15, -0.1) is 0 Å². The molecule has 2 heteroatoms. The maximum atomic E-state index is 9.46. The number of aliphatic hydroxyl groups excluding tert-OH is 1. The summed E-state index contributed by atoms with van der Waals surface area (Å²) in [6.07, 6.45) is 4.34. The van der Waals surface area contributed by atoms with Crippen molar-refractivity contribution in [1.29, 1.82) is 0 Å². The number of allylic oxidation sites excluding steroid dienone is 2. The Labute approximate surface area is 73.9 Å². The first kappa shape index (κ1) is 11.1. The molecule has 1 unspecified atom stereocenters. The van der Waals surface area contributed by atoms with E-state index in [4.69, 9.17) is 4.74 Å². The zero-order chi connectivity index (χ0) is 9.40. The third-order valence-corrected chi connectivity index (χ3v) is 1.41. The van der Waals surface area contributed by atoms with Crippen LogP contribution >= 0.6 is 0 Å². The van der Waals surface area contributed by atoms with Crippen molar-refractivity contribution in [1.82, 2.24) is 0 Å². The van der Waals surface area contributed by atoms with Crippen molar-refractivity contribution >= 4 is 0 Å². The second-order valence-corrected chi connectivity index (χ2v) is 2.28. The van der Waals surface area contributed by atoms with E-state index >= 15 is 0 Å². The summed E-state index contributed by atoms with van der Waals surface area (Å²) in [7, 11) is 0. The normalized spacial score (nSPS) is 14.0. The Morgan fingerprint density at radius 2 is 2.25 bits per heavy atom. The van der Waals surface area contributed by atoms with Gasteiger partial charge in [0.25, 0.3) is 0 Å². The Hall–Kier alpha value is -0.860. The van der Waals surface area contributed by atoms with Crippen molar-refractivity contribution in [3.05, 3.63) is 37.0 Å². The minimum Gasteiger partial charge on any atom is -0.386 e. The third-order valence-electron chi connectivity index (χ3n) is 1.41. The zero-order valence-corrected chi connectivity index (χ0v) is 7.49. The van der Waals surface area contributed by atoms with Crippen LogP contribution in [0.2, 0.25) is 0 Å². The highest BCUT2D eigenvalue weighted by molar-refractivity contribution is 5.24. The predicted molar refractivity (Wildman–Crippen MR) is 51.0 cm³/mol. The molecule has 1 atom stereocenters. The summed E-state index contributed by atoms with van der Waals surface area (Å²) >= 11 is 0. The lowest BCUT2D eigenvalue weighted by molar-refractivity contribution is 0.0629. The minimum atomic E-state index is -0.597. The van der Waals surface area contributed by atoms with Gasteiger partial charge >= 0.3 is 0 Å². The highest BCUT2D eigenvalue weighted by Gasteiger charge is 2.05. The van der Waals surface area contributed by atoms with Gasteiger partial charge in [-0.3, -0.25) is 0 Å². The van der Waals surface area contributed by atoms with Crippen molar-refractivity contribution in [2.75, 3.05) is 13.2 Å². The number of ether oxygens (including phenoxy) is 1. The fourth-order valence-corrected chi connectivity index (χ4v) is 0.777. The van der Waals surface area contributed by atoms with Crippen LogP contribution in [0.3, 0.4) is 0 Å². The van der Waals surface area contributed by atoms with Crippen LogP contribution < -0.4 is 0 Å². The molecule has 0 bridgehead atoms. The van der Waals surface area contributed by atoms with E-state index in [9.17, 15) is 5.11 Å². The Morgan fingerprint density at radius 3 is 2.67 bits per heavy atom. The lowest BCUT2D eigenvalue weighted by atomic mass is 10.1. The first-order chi connectivity index (χ1) is 5.76. The number of hydrogen-bond donors (Lipinski definition) is 1. The molecule has 2 nitrogen and oxygen atoms in total. The molecule has 1 N–H and O–H groups in total. The maximum Gasteiger partial charge on any atom is 0.102 e. The van der Waals surface area contributed by atoms with E-state index in [0.29, 0.717) is 13.2 Å². The summed E-state index contributed by atoms with van der Waals surface area (Å²) in [5, 5.41) is 9.46. The molecule has 0 aromatic rings. The van der Waals surface area contributed by atoms with Crippen molar-refractivity contribution in [3.63, 3.8) is 0 Å². The highest BCUT2D eigenvalue weighted by Crippen LogP contribution is 2.04. The van der Waals surface area contributed by atoms with Gasteiger partial charge in [0, 0.05) is 6.61 Å². The van der Waals surface area contributed by atoms with Gasteiger partial charge in [0.15, 0.2) is 0 Å². The van der Waals surface area contributed by atoms with Crippen LogP contribution in [-0.2, 0) is 4.74 Å². The van der Waals surface area contributed by atoms with Gasteiger partial charge in [-0.1, -0.05) is 31.4 Å². The molecule has 0 rings (SSSR count). The molecule has 0 aliphatic carbocycles. The van der Waals surface area contributed by atoms with Gasteiger partial charge in [-0.2, -0.15) is 0 Å². The Kier molecular flexibility index (Phi) is 6.34. The van der Waals surface area contributed by atoms with Gasteiger partial charge in [0.2, 0.25) is 0 Å². The van der Waals surface area contributed by atoms with Crippen LogP contribution in [0, 0.1) is 0 Å². The summed E-state index contributed by atoms with van der Waals surface area (Å²) in [4.78, 5) is 0. The van der Waals surface area contributed by atoms with E-state index in [1.807, 2.05) is 6.92 Å². The smallest absolute Gasteiger partial charge is 0.102 e. The molecule has 0 heterocycles. The number of rotatable bonds is 6. The Balaban J connectivity index is 4.02. The lowest BCUT2D eigenvalue weighted by Gasteiger charge is -2.10. The predicted octanol–water partition coefficient (Wildman–Crippen LogP) is 1.68. The second-order valence-electron chi connectivity index (χ2n) is 2.28. The summed E-state index contributed by atoms with van der Waals surface area (Å²) in [6, 6.07) is 0. The molecule has 0 aliphatic heterocycles. The molecule has 68 valence electrons. The maximum absolute atomic E-state index is 9.46. The van der Waals surface area contributed by atoms with Gasteiger partial charge in [-0.05, 0) is 12.5 Å². The molecule has 12 heavy (non-hydrogen) atoms. The zero-order valence-electron chi connectivity index (χ0n) is 7.49. The fourth-order valence-electron chi connectivity index (χ4n) is 0.777. The minimum absolute atomic E-state index is 0.308. The van der Waals surface area contributed by atoms with E-state index in [1.54, 1.807) is 18.2 Å². The Morgan fingerprint density at radius 1 is 1.58 bits per heavy atom. The van der Waals surface area contributed by atoms with Gasteiger partial charge < -0.3 is 9.84 Å². The average Bonchev–Trinajstić information content (AvgIpc) is 2.10. The van der Waals surface area contributed by atoms with Crippen LogP contribution in [0.1, 0.15) is 6.92 Å². The quantitative estimate of drug-likeness (QED) is 0.611. The second kappa shape index (κ2) is 6.83. The first-order valence-corrected chi connectivity index (χ1v) is 3.97. The molecule has 0 aromatic heterocycles. The molecular weight excluding hydrogens is 152 g/mol. The molecular formula is C10H16O2. The van der Waals surface area contributed by atoms with E-state index in [1.165, 1.54) is 0 Å². The van der Waals surface area contributed by atoms with Crippen molar-refractivity contribution in [2.24, 2.45) is 0 Å². The summed E-state index contributed by atoms with van der Waals surface area (Å²) < 4.78 is 5.05. The molecule has 0 fully saturated rings. The molecule has 0 amide bonds. The van der Waals surface area contributed by atoms with Gasteiger partial charge in [-0.25, -0.2) is 0 Å². The molecule has 0 aromatic carbocycles. The van der Waals surface area contributed by atoms with E-state index in [2.05, 4.69) is 13.2 Å². The topological polar surface area (TPSA) is 29.5 Å². The third kappa shape index (κ3) is 4.11. The van der Waals surface area contributed by atoms with Gasteiger partial charge in [0.1, 0.15) is 6.10 Å². The van der Waals surface area contributed by atoms with E-state index in [-0.39, 0.29) is 0 Å². The largest absolute Gasteiger partial charge is 0.386 e. The molecule has 0 radical (unpaired) electrons. The molecule has 0 spiro atoms. The first-order valence-electron chi connectivity index (χ1n) is 3.97. The summed E-state index contributed by atoms with van der Waals surface area (Å²) in [6.45, 7) is 9.91. The molecule has 0 aliphatic rings. The summed E-state index contributed by atoms with van der Waals surface area (Å²) in [5.41, 5.74) is 0.735. The fraction of sp³-hybridized carbons (Fsp3) is 0.400. The van der Waals surface area contributed by atoms with Crippen LogP contribution in [0.15, 0.2) is 37.0 Å². The van der Waals surface area contributed by atoms with Crippen molar-refractivity contribution < 1.29 is 9.84 Å². The SMILES string of the molecule is C=C/C=C(\C=C)C(O)COCC. The van der Waals surface area contributed by atoms with E-state index < -0.39 is 6.10 Å². The summed E-state index contributed by atoms with van der Waals surface area (Å²) in [5.74, 6) is 0. The van der Waals surface area contributed by atoms with Gasteiger partial charge in [0.05, 0.1) is 6.61 Å². The van der Waals surface area contributed by atoms with Crippen LogP contribution in [0.25, 0.3) is 0 Å². The standard InChI is InChI=1S/C10H16O2/c1-4-7-9(5-2)10(11)8-12-6-3/h4-5,7,10-11H,1-2,6,8H2,3H3/b9-7+. The Bertz CT molecular complexity index is 171. The van der Waals surface area contributed by atoms with Crippen LogP contribution in [-0.4, -0.2) is 24.4 Å². The number of hydrogen-bond acceptors (Lipinski definition) is 2. The monoisotopic (exact) mass is 168 g/mol. The lowest BCUT2D eigenvalue weighted by Crippen LogP contribution is -2.16.